The Bertz CT molecular complexity index is 437. The molecule has 0 saturated heterocycles. The lowest BCUT2D eigenvalue weighted by Crippen LogP contribution is -2.27. The molecule has 0 fully saturated rings. The first-order valence-corrected chi connectivity index (χ1v) is 5.24. The van der Waals surface area contributed by atoms with Crippen LogP contribution in [0.15, 0.2) is 42.1 Å². The third-order valence-electron chi connectivity index (χ3n) is 2.17. The smallest absolute Gasteiger partial charge is 0.330 e. The lowest BCUT2D eigenvalue weighted by Gasteiger charge is -2.16. The zero-order chi connectivity index (χ0) is 12.8. The second-order valence-electron chi connectivity index (χ2n) is 3.76. The summed E-state index contributed by atoms with van der Waals surface area (Å²) in [6.45, 7) is 3.09. The SMILES string of the molecule is CC(=O)C=C(C)N[C@@H](C(=O)O)c1ccccc1. The molecule has 0 heterocycles. The van der Waals surface area contributed by atoms with E-state index in [-0.39, 0.29) is 5.78 Å². The highest BCUT2D eigenvalue weighted by Gasteiger charge is 2.18. The van der Waals surface area contributed by atoms with Gasteiger partial charge in [-0.3, -0.25) is 4.79 Å². The highest BCUT2D eigenvalue weighted by molar-refractivity contribution is 5.88. The lowest BCUT2D eigenvalue weighted by atomic mass is 10.1. The molecular weight excluding hydrogens is 218 g/mol. The first-order chi connectivity index (χ1) is 8.00. The molecule has 1 atom stereocenters. The number of nitrogens with one attached hydrogen (secondary N) is 1. The largest absolute Gasteiger partial charge is 0.479 e. The molecule has 0 aliphatic carbocycles. The summed E-state index contributed by atoms with van der Waals surface area (Å²) in [5, 5.41) is 11.9. The minimum absolute atomic E-state index is 0.118. The number of ketones is 1. The van der Waals surface area contributed by atoms with Gasteiger partial charge in [-0.25, -0.2) is 4.79 Å². The standard InChI is InChI=1S/C13H15NO3/c1-9(8-10(2)15)14-12(13(16)17)11-6-4-3-5-7-11/h3-8,12,14H,1-2H3,(H,16,17)/t12-/m1/s1. The Morgan fingerprint density at radius 1 is 1.24 bits per heavy atom. The molecule has 0 radical (unpaired) electrons. The predicted octanol–water partition coefficient (Wildman–Crippen LogP) is 1.89. The van der Waals surface area contributed by atoms with Crippen molar-refractivity contribution in [3.8, 4) is 0 Å². The first-order valence-electron chi connectivity index (χ1n) is 5.24. The Kier molecular flexibility index (Phi) is 4.46. The fraction of sp³-hybridized carbons (Fsp3) is 0.231. The zero-order valence-electron chi connectivity index (χ0n) is 9.81. The van der Waals surface area contributed by atoms with Crippen molar-refractivity contribution in [2.75, 3.05) is 0 Å². The van der Waals surface area contributed by atoms with Crippen LogP contribution in [0.3, 0.4) is 0 Å². The van der Waals surface area contributed by atoms with Gasteiger partial charge < -0.3 is 10.4 Å². The summed E-state index contributed by atoms with van der Waals surface area (Å²) in [4.78, 5) is 22.0. The van der Waals surface area contributed by atoms with Gasteiger partial charge in [0.1, 0.15) is 6.04 Å². The van der Waals surface area contributed by atoms with Crippen molar-refractivity contribution in [3.63, 3.8) is 0 Å². The molecule has 4 nitrogen and oxygen atoms in total. The zero-order valence-corrected chi connectivity index (χ0v) is 9.81. The number of aliphatic carboxylic acids is 1. The summed E-state index contributed by atoms with van der Waals surface area (Å²) in [6, 6.07) is 7.99. The van der Waals surface area contributed by atoms with E-state index >= 15 is 0 Å². The van der Waals surface area contributed by atoms with Crippen molar-refractivity contribution in [1.29, 1.82) is 0 Å². The number of carbonyl (C=O) groups excluding carboxylic acids is 1. The summed E-state index contributed by atoms with van der Waals surface area (Å²) < 4.78 is 0. The molecule has 0 bridgehead atoms. The highest BCUT2D eigenvalue weighted by atomic mass is 16.4. The summed E-state index contributed by atoms with van der Waals surface area (Å²) in [6.07, 6.45) is 1.37. The molecule has 0 amide bonds. The molecule has 1 aromatic carbocycles. The third-order valence-corrected chi connectivity index (χ3v) is 2.17. The van der Waals surface area contributed by atoms with Gasteiger partial charge in [-0.05, 0) is 25.5 Å². The van der Waals surface area contributed by atoms with Gasteiger partial charge in [-0.1, -0.05) is 30.3 Å². The van der Waals surface area contributed by atoms with Gasteiger partial charge in [0.05, 0.1) is 0 Å². The van der Waals surface area contributed by atoms with E-state index in [0.29, 0.717) is 11.3 Å². The Morgan fingerprint density at radius 3 is 2.29 bits per heavy atom. The molecule has 0 aliphatic heterocycles. The van der Waals surface area contributed by atoms with Crippen LogP contribution in [0.5, 0.6) is 0 Å². The van der Waals surface area contributed by atoms with Crippen LogP contribution >= 0.6 is 0 Å². The van der Waals surface area contributed by atoms with Crippen LogP contribution in [0.2, 0.25) is 0 Å². The van der Waals surface area contributed by atoms with Crippen LogP contribution in [-0.2, 0) is 9.59 Å². The van der Waals surface area contributed by atoms with E-state index in [1.165, 1.54) is 13.0 Å². The summed E-state index contributed by atoms with van der Waals surface area (Å²) >= 11 is 0. The van der Waals surface area contributed by atoms with Crippen molar-refractivity contribution in [2.24, 2.45) is 0 Å². The number of carboxylic acid groups (broad SMARTS) is 1. The van der Waals surface area contributed by atoms with E-state index in [2.05, 4.69) is 5.32 Å². The van der Waals surface area contributed by atoms with Crippen LogP contribution in [0.25, 0.3) is 0 Å². The van der Waals surface area contributed by atoms with Crippen molar-refractivity contribution >= 4 is 11.8 Å². The second-order valence-corrected chi connectivity index (χ2v) is 3.76. The summed E-state index contributed by atoms with van der Waals surface area (Å²) in [7, 11) is 0. The topological polar surface area (TPSA) is 66.4 Å². The van der Waals surface area contributed by atoms with Gasteiger partial charge in [-0.15, -0.1) is 0 Å². The van der Waals surface area contributed by atoms with Crippen LogP contribution in [0.1, 0.15) is 25.5 Å². The average Bonchev–Trinajstić information content (AvgIpc) is 2.25. The fourth-order valence-corrected chi connectivity index (χ4v) is 1.51. The fourth-order valence-electron chi connectivity index (χ4n) is 1.51. The maximum Gasteiger partial charge on any atom is 0.330 e. The van der Waals surface area contributed by atoms with Crippen LogP contribution in [0, 0.1) is 0 Å². The summed E-state index contributed by atoms with van der Waals surface area (Å²) in [5.41, 5.74) is 1.19. The third kappa shape index (κ3) is 4.10. The van der Waals surface area contributed by atoms with Crippen LogP contribution in [0.4, 0.5) is 0 Å². The molecule has 0 aliphatic rings. The minimum Gasteiger partial charge on any atom is -0.479 e. The Balaban J connectivity index is 2.89. The number of carbonyl (C=O) groups is 2. The van der Waals surface area contributed by atoms with Crippen LogP contribution < -0.4 is 5.32 Å². The highest BCUT2D eigenvalue weighted by Crippen LogP contribution is 2.14. The van der Waals surface area contributed by atoms with Crippen molar-refractivity contribution in [2.45, 2.75) is 19.9 Å². The summed E-state index contributed by atoms with van der Waals surface area (Å²) in [5.74, 6) is -1.10. The minimum atomic E-state index is -0.979. The molecule has 0 spiro atoms. The number of benzene rings is 1. The molecule has 90 valence electrons. The maximum atomic E-state index is 11.1. The number of hydrogen-bond acceptors (Lipinski definition) is 3. The molecule has 0 unspecified atom stereocenters. The quantitative estimate of drug-likeness (QED) is 0.762. The monoisotopic (exact) mass is 233 g/mol. The van der Waals surface area contributed by atoms with E-state index in [1.54, 1.807) is 31.2 Å². The van der Waals surface area contributed by atoms with E-state index in [9.17, 15) is 9.59 Å². The molecular formula is C13H15NO3. The van der Waals surface area contributed by atoms with Gasteiger partial charge >= 0.3 is 5.97 Å². The van der Waals surface area contributed by atoms with Crippen LogP contribution in [-0.4, -0.2) is 16.9 Å². The maximum absolute atomic E-state index is 11.1. The van der Waals surface area contributed by atoms with E-state index in [4.69, 9.17) is 5.11 Å². The first kappa shape index (κ1) is 13.0. The van der Waals surface area contributed by atoms with Gasteiger partial charge in [-0.2, -0.15) is 0 Å². The molecule has 2 N–H and O–H groups in total. The number of hydrogen-bond donors (Lipinski definition) is 2. The molecule has 1 aromatic rings. The molecule has 4 heteroatoms. The molecule has 1 rings (SSSR count). The van der Waals surface area contributed by atoms with E-state index in [1.807, 2.05) is 6.07 Å². The number of carboxylic acids is 1. The Labute approximate surface area is 100.0 Å². The van der Waals surface area contributed by atoms with Gasteiger partial charge in [0.2, 0.25) is 0 Å². The second kappa shape index (κ2) is 5.84. The average molecular weight is 233 g/mol. The van der Waals surface area contributed by atoms with Crippen molar-refractivity contribution in [1.82, 2.24) is 5.32 Å². The van der Waals surface area contributed by atoms with Gasteiger partial charge in [0.15, 0.2) is 5.78 Å². The van der Waals surface area contributed by atoms with Gasteiger partial charge in [0, 0.05) is 5.70 Å². The Morgan fingerprint density at radius 2 is 1.82 bits per heavy atom. The Hall–Kier alpha value is -2.10. The predicted molar refractivity (Wildman–Crippen MR) is 64.4 cm³/mol. The lowest BCUT2D eigenvalue weighted by molar-refractivity contribution is -0.139. The van der Waals surface area contributed by atoms with E-state index < -0.39 is 12.0 Å². The van der Waals surface area contributed by atoms with Crippen molar-refractivity contribution < 1.29 is 14.7 Å². The number of rotatable bonds is 5. The van der Waals surface area contributed by atoms with E-state index in [0.717, 1.165) is 0 Å². The molecule has 0 saturated carbocycles. The number of allylic oxidation sites excluding steroid dienone is 2. The van der Waals surface area contributed by atoms with Gasteiger partial charge in [0.25, 0.3) is 0 Å². The molecule has 17 heavy (non-hydrogen) atoms. The van der Waals surface area contributed by atoms with Crippen molar-refractivity contribution in [3.05, 3.63) is 47.7 Å². The normalized spacial score (nSPS) is 12.9. The molecule has 0 aromatic heterocycles.